The Balaban J connectivity index is 2.15. The number of carbonyl (C=O) groups excluding carboxylic acids is 1. The molecule has 1 aromatic rings. The molecule has 0 saturated carbocycles. The predicted molar refractivity (Wildman–Crippen MR) is 72.2 cm³/mol. The van der Waals surface area contributed by atoms with Crippen molar-refractivity contribution in [3.8, 4) is 0 Å². The number of halogens is 2. The monoisotopic (exact) mass is 287 g/mol. The molecule has 1 amide bonds. The number of piperidine rings is 1. The molecular formula is C13H15Cl2NO2. The smallest absolute Gasteiger partial charge is 0.255 e. The van der Waals surface area contributed by atoms with Gasteiger partial charge in [-0.2, -0.15) is 0 Å². The van der Waals surface area contributed by atoms with Crippen LogP contribution in [-0.2, 0) is 0 Å². The fraction of sp³-hybridized carbons (Fsp3) is 0.462. The summed E-state index contributed by atoms with van der Waals surface area (Å²) in [5.74, 6) is 0.0867. The van der Waals surface area contributed by atoms with Crippen LogP contribution in [-0.4, -0.2) is 35.6 Å². The van der Waals surface area contributed by atoms with Gasteiger partial charge in [0.2, 0.25) is 0 Å². The van der Waals surface area contributed by atoms with Gasteiger partial charge in [0.1, 0.15) is 0 Å². The van der Waals surface area contributed by atoms with Gasteiger partial charge >= 0.3 is 0 Å². The van der Waals surface area contributed by atoms with Crippen LogP contribution in [0.2, 0.25) is 10.0 Å². The molecule has 1 aliphatic heterocycles. The molecule has 1 atom stereocenters. The average Bonchev–Trinajstić information content (AvgIpc) is 2.38. The Morgan fingerprint density at radius 3 is 2.89 bits per heavy atom. The maximum atomic E-state index is 12.3. The SMILES string of the molecule is O=C(c1ccc(Cl)cc1Cl)N1CCCC(CO)C1. The Bertz CT molecular complexity index is 451. The molecule has 1 N–H and O–H groups in total. The van der Waals surface area contributed by atoms with Crippen molar-refractivity contribution in [1.82, 2.24) is 4.90 Å². The van der Waals surface area contributed by atoms with Gasteiger partial charge in [0.15, 0.2) is 0 Å². The van der Waals surface area contributed by atoms with Crippen LogP contribution in [0.5, 0.6) is 0 Å². The molecule has 0 aliphatic carbocycles. The van der Waals surface area contributed by atoms with Gasteiger partial charge in [-0.1, -0.05) is 23.2 Å². The van der Waals surface area contributed by atoms with Crippen LogP contribution in [0.25, 0.3) is 0 Å². The number of rotatable bonds is 2. The zero-order chi connectivity index (χ0) is 13.1. The summed E-state index contributed by atoms with van der Waals surface area (Å²) in [4.78, 5) is 14.1. The van der Waals surface area contributed by atoms with Crippen LogP contribution in [0.4, 0.5) is 0 Å². The number of likely N-dealkylation sites (tertiary alicyclic amines) is 1. The summed E-state index contributed by atoms with van der Waals surface area (Å²) in [6.07, 6.45) is 1.89. The van der Waals surface area contributed by atoms with Crippen LogP contribution in [0.1, 0.15) is 23.2 Å². The number of nitrogens with zero attached hydrogens (tertiary/aromatic N) is 1. The molecule has 5 heteroatoms. The Morgan fingerprint density at radius 2 is 2.22 bits per heavy atom. The predicted octanol–water partition coefficient (Wildman–Crippen LogP) is 2.84. The van der Waals surface area contributed by atoms with E-state index in [4.69, 9.17) is 23.2 Å². The van der Waals surface area contributed by atoms with Crippen LogP contribution in [0, 0.1) is 5.92 Å². The molecule has 0 aromatic heterocycles. The molecular weight excluding hydrogens is 273 g/mol. The highest BCUT2D eigenvalue weighted by Gasteiger charge is 2.25. The maximum absolute atomic E-state index is 12.3. The standard InChI is InChI=1S/C13H15Cl2NO2/c14-10-3-4-11(12(15)6-10)13(18)16-5-1-2-9(7-16)8-17/h3-4,6,9,17H,1-2,5,7-8H2. The number of aliphatic hydroxyl groups excluding tert-OH is 1. The molecule has 1 unspecified atom stereocenters. The van der Waals surface area contributed by atoms with E-state index >= 15 is 0 Å². The maximum Gasteiger partial charge on any atom is 0.255 e. The number of carbonyl (C=O) groups is 1. The Labute approximate surface area is 116 Å². The van der Waals surface area contributed by atoms with Gasteiger partial charge in [0.25, 0.3) is 5.91 Å². The lowest BCUT2D eigenvalue weighted by atomic mass is 9.98. The number of hydrogen-bond acceptors (Lipinski definition) is 2. The first kappa shape index (κ1) is 13.7. The number of aliphatic hydroxyl groups is 1. The fourth-order valence-corrected chi connectivity index (χ4v) is 2.72. The fourth-order valence-electron chi connectivity index (χ4n) is 2.23. The first-order valence-corrected chi connectivity index (χ1v) is 6.72. The van der Waals surface area contributed by atoms with E-state index in [1.165, 1.54) is 0 Å². The molecule has 1 saturated heterocycles. The van der Waals surface area contributed by atoms with E-state index in [-0.39, 0.29) is 18.4 Å². The normalized spacial score (nSPS) is 19.9. The molecule has 1 heterocycles. The van der Waals surface area contributed by atoms with Crippen LogP contribution < -0.4 is 0 Å². The molecule has 1 aliphatic rings. The molecule has 1 fully saturated rings. The van der Waals surface area contributed by atoms with Gasteiger partial charge < -0.3 is 10.0 Å². The van der Waals surface area contributed by atoms with Crippen molar-refractivity contribution >= 4 is 29.1 Å². The van der Waals surface area contributed by atoms with E-state index in [1.807, 2.05) is 0 Å². The summed E-state index contributed by atoms with van der Waals surface area (Å²) < 4.78 is 0. The van der Waals surface area contributed by atoms with E-state index in [2.05, 4.69) is 0 Å². The first-order valence-electron chi connectivity index (χ1n) is 5.97. The topological polar surface area (TPSA) is 40.5 Å². The lowest BCUT2D eigenvalue weighted by Crippen LogP contribution is -2.41. The second-order valence-electron chi connectivity index (χ2n) is 4.57. The van der Waals surface area contributed by atoms with E-state index in [0.29, 0.717) is 28.7 Å². The summed E-state index contributed by atoms with van der Waals surface area (Å²) >= 11 is 11.8. The lowest BCUT2D eigenvalue weighted by molar-refractivity contribution is 0.0621. The minimum atomic E-state index is -0.0881. The van der Waals surface area contributed by atoms with Gasteiger partial charge in [-0.25, -0.2) is 0 Å². The van der Waals surface area contributed by atoms with Crippen molar-refractivity contribution in [3.05, 3.63) is 33.8 Å². The van der Waals surface area contributed by atoms with Crippen LogP contribution in [0.3, 0.4) is 0 Å². The minimum Gasteiger partial charge on any atom is -0.396 e. The number of amides is 1. The Kier molecular flexibility index (Phi) is 4.49. The highest BCUT2D eigenvalue weighted by Crippen LogP contribution is 2.24. The van der Waals surface area contributed by atoms with Crippen molar-refractivity contribution < 1.29 is 9.90 Å². The van der Waals surface area contributed by atoms with E-state index in [1.54, 1.807) is 23.1 Å². The molecule has 0 spiro atoms. The molecule has 2 rings (SSSR count). The van der Waals surface area contributed by atoms with E-state index in [9.17, 15) is 9.90 Å². The summed E-state index contributed by atoms with van der Waals surface area (Å²) in [6.45, 7) is 1.43. The average molecular weight is 288 g/mol. The molecule has 98 valence electrons. The zero-order valence-electron chi connectivity index (χ0n) is 9.90. The largest absolute Gasteiger partial charge is 0.396 e. The van der Waals surface area contributed by atoms with Crippen LogP contribution in [0.15, 0.2) is 18.2 Å². The summed E-state index contributed by atoms with van der Waals surface area (Å²) in [5, 5.41) is 10.1. The van der Waals surface area contributed by atoms with Gasteiger partial charge in [0.05, 0.1) is 10.6 Å². The van der Waals surface area contributed by atoms with Crippen LogP contribution >= 0.6 is 23.2 Å². The van der Waals surface area contributed by atoms with Crippen molar-refractivity contribution in [2.24, 2.45) is 5.92 Å². The Morgan fingerprint density at radius 1 is 1.44 bits per heavy atom. The minimum absolute atomic E-state index is 0.0881. The van der Waals surface area contributed by atoms with Crippen molar-refractivity contribution in [2.45, 2.75) is 12.8 Å². The third kappa shape index (κ3) is 2.97. The highest BCUT2D eigenvalue weighted by atomic mass is 35.5. The third-order valence-electron chi connectivity index (χ3n) is 3.23. The molecule has 1 aromatic carbocycles. The number of benzene rings is 1. The van der Waals surface area contributed by atoms with Crippen molar-refractivity contribution in [2.75, 3.05) is 19.7 Å². The molecule has 3 nitrogen and oxygen atoms in total. The van der Waals surface area contributed by atoms with E-state index < -0.39 is 0 Å². The van der Waals surface area contributed by atoms with Crippen molar-refractivity contribution in [3.63, 3.8) is 0 Å². The van der Waals surface area contributed by atoms with Gasteiger partial charge in [0, 0.05) is 24.7 Å². The lowest BCUT2D eigenvalue weighted by Gasteiger charge is -2.32. The van der Waals surface area contributed by atoms with Gasteiger partial charge in [-0.3, -0.25) is 4.79 Å². The second-order valence-corrected chi connectivity index (χ2v) is 5.41. The third-order valence-corrected chi connectivity index (χ3v) is 3.77. The molecule has 18 heavy (non-hydrogen) atoms. The number of hydrogen-bond donors (Lipinski definition) is 1. The second kappa shape index (κ2) is 5.91. The Hall–Kier alpha value is -0.770. The summed E-state index contributed by atoms with van der Waals surface area (Å²) in [6, 6.07) is 4.88. The highest BCUT2D eigenvalue weighted by molar-refractivity contribution is 6.36. The van der Waals surface area contributed by atoms with Crippen molar-refractivity contribution in [1.29, 1.82) is 0 Å². The van der Waals surface area contributed by atoms with Gasteiger partial charge in [-0.15, -0.1) is 0 Å². The zero-order valence-corrected chi connectivity index (χ0v) is 11.4. The summed E-state index contributed by atoms with van der Waals surface area (Å²) in [7, 11) is 0. The quantitative estimate of drug-likeness (QED) is 0.909. The summed E-state index contributed by atoms with van der Waals surface area (Å²) in [5.41, 5.74) is 0.472. The van der Waals surface area contributed by atoms with E-state index in [0.717, 1.165) is 12.8 Å². The van der Waals surface area contributed by atoms with Gasteiger partial charge in [-0.05, 0) is 37.0 Å². The first-order chi connectivity index (χ1) is 8.61. The molecule has 0 bridgehead atoms. The molecule has 0 radical (unpaired) electrons.